The van der Waals surface area contributed by atoms with Crippen LogP contribution in [0.5, 0.6) is 0 Å². The molecule has 0 amide bonds. The first-order valence-electron chi connectivity index (χ1n) is 5.11. The maximum Gasteiger partial charge on any atom is 0.470 e. The summed E-state index contributed by atoms with van der Waals surface area (Å²) in [5.74, 6) is 0. The zero-order valence-electron chi connectivity index (χ0n) is 10.5. The fourth-order valence-electron chi connectivity index (χ4n) is 1.16. The summed E-state index contributed by atoms with van der Waals surface area (Å²) >= 11 is 0. The fraction of sp³-hybridized carbons (Fsp3) is 1.00. The van der Waals surface area contributed by atoms with Gasteiger partial charge in [-0.2, -0.15) is 0 Å². The maximum atomic E-state index is 10.7. The Balaban J connectivity index is 5.14. The summed E-state index contributed by atoms with van der Waals surface area (Å²) in [6.45, 7) is -2.50. The van der Waals surface area contributed by atoms with E-state index in [1.807, 2.05) is 0 Å². The van der Waals surface area contributed by atoms with Crippen molar-refractivity contribution in [2.45, 2.75) is 18.3 Å². The van der Waals surface area contributed by atoms with Gasteiger partial charge >= 0.3 is 23.5 Å². The number of aliphatic hydroxyl groups is 2. The molecule has 0 fully saturated rings. The van der Waals surface area contributed by atoms with Crippen molar-refractivity contribution in [1.29, 1.82) is 0 Å². The highest BCUT2D eigenvalue weighted by Gasteiger charge is 2.38. The smallest absolute Gasteiger partial charge is 0.394 e. The summed E-state index contributed by atoms with van der Waals surface area (Å²) in [5, 5.41) is 18.5. The summed E-state index contributed by atoms with van der Waals surface area (Å²) in [4.78, 5) is 51.3. The molecule has 0 aliphatic rings. The molecule has 0 saturated carbocycles. The average molecular weight is 392 g/mol. The van der Waals surface area contributed by atoms with Crippen molar-refractivity contribution >= 4 is 23.5 Å². The molecule has 0 heterocycles. The van der Waals surface area contributed by atoms with Crippen LogP contribution in [0.2, 0.25) is 0 Å². The Kier molecular flexibility index (Phi) is 8.47. The molecule has 0 rings (SSSR count). The quantitative estimate of drug-likeness (QED) is 0.178. The molecule has 3 atom stereocenters. The van der Waals surface area contributed by atoms with Gasteiger partial charge in [0, 0.05) is 0 Å². The van der Waals surface area contributed by atoms with E-state index in [1.165, 1.54) is 0 Å². The molecule has 0 aliphatic heterocycles. The van der Waals surface area contributed by atoms with Gasteiger partial charge in [0.1, 0.15) is 18.3 Å². The molecule has 0 bridgehead atoms. The molecule has 22 heavy (non-hydrogen) atoms. The average Bonchev–Trinajstić information content (AvgIpc) is 2.27. The van der Waals surface area contributed by atoms with Crippen LogP contribution >= 0.6 is 23.5 Å². The number of hydrogen-bond acceptors (Lipinski definition) is 8. The Morgan fingerprint density at radius 1 is 0.773 bits per heavy atom. The van der Waals surface area contributed by atoms with E-state index in [0.29, 0.717) is 0 Å². The first-order chi connectivity index (χ1) is 9.64. The molecule has 8 N–H and O–H groups in total. The van der Waals surface area contributed by atoms with Crippen LogP contribution in [0.25, 0.3) is 0 Å². The van der Waals surface area contributed by atoms with Crippen molar-refractivity contribution in [3.8, 4) is 0 Å². The molecule has 0 saturated heterocycles. The van der Waals surface area contributed by atoms with Crippen molar-refractivity contribution in [3.05, 3.63) is 0 Å². The maximum absolute atomic E-state index is 10.7. The van der Waals surface area contributed by atoms with Crippen LogP contribution in [0.1, 0.15) is 0 Å². The molecule has 17 heteroatoms. The van der Waals surface area contributed by atoms with E-state index in [9.17, 15) is 18.8 Å². The van der Waals surface area contributed by atoms with Crippen molar-refractivity contribution in [3.63, 3.8) is 0 Å². The summed E-state index contributed by atoms with van der Waals surface area (Å²) in [5.41, 5.74) is 0. The number of phosphoric acid groups is 3. The van der Waals surface area contributed by atoms with Gasteiger partial charge in [-0.25, -0.2) is 13.7 Å². The second kappa shape index (κ2) is 8.38. The van der Waals surface area contributed by atoms with Crippen molar-refractivity contribution in [1.82, 2.24) is 0 Å². The molecule has 0 aromatic carbocycles. The van der Waals surface area contributed by atoms with Crippen LogP contribution in [-0.4, -0.2) is 71.1 Å². The van der Waals surface area contributed by atoms with E-state index in [1.54, 1.807) is 0 Å². The van der Waals surface area contributed by atoms with Crippen molar-refractivity contribution in [2.24, 2.45) is 0 Å². The number of aliphatic hydroxyl groups excluding tert-OH is 2. The Labute approximate surface area is 123 Å². The lowest BCUT2D eigenvalue weighted by Gasteiger charge is -2.28. The van der Waals surface area contributed by atoms with Crippen LogP contribution in [0.15, 0.2) is 0 Å². The molecule has 0 spiro atoms. The Hall–Kier alpha value is 0.250. The topological polar surface area (TPSA) is 241 Å². The minimum atomic E-state index is -5.28. The van der Waals surface area contributed by atoms with E-state index >= 15 is 0 Å². The normalized spacial score (nSPS) is 18.0. The van der Waals surface area contributed by atoms with Gasteiger partial charge in [-0.05, 0) is 0 Å². The SMILES string of the molecule is O=P(O)(O)OC[C@@H](OP(=O)(O)O)[C@H](O)[C@@H](CO)OP(=O)(O)O. The molecule has 0 unspecified atom stereocenters. The van der Waals surface area contributed by atoms with E-state index < -0.39 is 55.0 Å². The van der Waals surface area contributed by atoms with Crippen LogP contribution in [-0.2, 0) is 27.3 Å². The first-order valence-corrected chi connectivity index (χ1v) is 9.70. The minimum Gasteiger partial charge on any atom is -0.394 e. The second-order valence-corrected chi connectivity index (χ2v) is 7.35. The number of phosphoric ester groups is 3. The zero-order chi connectivity index (χ0) is 17.8. The van der Waals surface area contributed by atoms with E-state index in [-0.39, 0.29) is 0 Å². The third-order valence-corrected chi connectivity index (χ3v) is 3.47. The third kappa shape index (κ3) is 10.9. The largest absolute Gasteiger partial charge is 0.470 e. The molecule has 134 valence electrons. The molecular weight excluding hydrogens is 377 g/mol. The van der Waals surface area contributed by atoms with Gasteiger partial charge in [0.25, 0.3) is 0 Å². The van der Waals surface area contributed by atoms with Gasteiger partial charge in [-0.1, -0.05) is 0 Å². The Morgan fingerprint density at radius 3 is 1.50 bits per heavy atom. The van der Waals surface area contributed by atoms with Crippen LogP contribution < -0.4 is 0 Å². The summed E-state index contributed by atoms with van der Waals surface area (Å²) < 4.78 is 43.7. The predicted octanol–water partition coefficient (Wildman–Crippen LogP) is -2.60. The van der Waals surface area contributed by atoms with Crippen molar-refractivity contribution < 1.29 is 66.8 Å². The molecule has 0 aromatic heterocycles. The van der Waals surface area contributed by atoms with E-state index in [2.05, 4.69) is 13.6 Å². The lowest BCUT2D eigenvalue weighted by molar-refractivity contribution is -0.0835. The minimum absolute atomic E-state index is 1.22. The third-order valence-electron chi connectivity index (χ3n) is 1.89. The fourth-order valence-corrected chi connectivity index (χ4v) is 2.58. The first kappa shape index (κ1) is 22.2. The number of hydrogen-bond donors (Lipinski definition) is 8. The highest BCUT2D eigenvalue weighted by Crippen LogP contribution is 2.43. The van der Waals surface area contributed by atoms with Crippen LogP contribution in [0.3, 0.4) is 0 Å². The zero-order valence-corrected chi connectivity index (χ0v) is 13.2. The monoisotopic (exact) mass is 392 g/mol. The molecule has 14 nitrogen and oxygen atoms in total. The highest BCUT2D eigenvalue weighted by molar-refractivity contribution is 7.46. The Morgan fingerprint density at radius 2 is 1.18 bits per heavy atom. The van der Waals surface area contributed by atoms with Gasteiger partial charge in [0.2, 0.25) is 0 Å². The van der Waals surface area contributed by atoms with Crippen molar-refractivity contribution in [2.75, 3.05) is 13.2 Å². The summed E-state index contributed by atoms with van der Waals surface area (Å²) in [6.07, 6.45) is -6.58. The van der Waals surface area contributed by atoms with Gasteiger partial charge in [-0.3, -0.25) is 13.6 Å². The van der Waals surface area contributed by atoms with Gasteiger partial charge in [0.15, 0.2) is 0 Å². The molecular formula is C5H15O14P3. The van der Waals surface area contributed by atoms with E-state index in [4.69, 9.17) is 34.5 Å². The summed E-state index contributed by atoms with van der Waals surface area (Å²) in [7, 11) is -15.6. The van der Waals surface area contributed by atoms with Gasteiger partial charge in [0.05, 0.1) is 13.2 Å². The molecule has 0 aromatic rings. The highest BCUT2D eigenvalue weighted by atomic mass is 31.2. The van der Waals surface area contributed by atoms with Gasteiger partial charge in [-0.15, -0.1) is 0 Å². The molecule has 0 radical (unpaired) electrons. The van der Waals surface area contributed by atoms with Crippen LogP contribution in [0, 0.1) is 0 Å². The Bertz CT molecular complexity index is 473. The lowest BCUT2D eigenvalue weighted by Crippen LogP contribution is -2.44. The standard InChI is InChI=1S/C5H15O14P3/c6-1-3(18-21(11,12)13)5(7)4(19-22(14,15)16)2-17-20(8,9)10/h3-7H,1-2H2,(H2,8,9,10)(H2,11,12,13)(H2,14,15,16)/t3-,4-,5-/m1/s1. The second-order valence-electron chi connectivity index (χ2n) is 3.73. The number of rotatable bonds is 10. The van der Waals surface area contributed by atoms with E-state index in [0.717, 1.165) is 0 Å². The molecule has 0 aliphatic carbocycles. The predicted molar refractivity (Wildman–Crippen MR) is 64.9 cm³/mol. The van der Waals surface area contributed by atoms with Gasteiger partial charge < -0.3 is 39.6 Å². The lowest BCUT2D eigenvalue weighted by atomic mass is 10.1. The van der Waals surface area contributed by atoms with Crippen LogP contribution in [0.4, 0.5) is 0 Å². The summed E-state index contributed by atoms with van der Waals surface area (Å²) in [6, 6.07) is 0.